The summed E-state index contributed by atoms with van der Waals surface area (Å²) >= 11 is 0. The number of hydrogen-bond acceptors (Lipinski definition) is 4. The van der Waals surface area contributed by atoms with Gasteiger partial charge in [0.25, 0.3) is 0 Å². The SMILES string of the molecule is CCC1(CC)C(NC(N)=NCCCN2CCOCC2)CC1OC.I. The Morgan fingerprint density at radius 3 is 2.58 bits per heavy atom. The van der Waals surface area contributed by atoms with Gasteiger partial charge in [0, 0.05) is 44.7 Å². The zero-order chi connectivity index (χ0) is 16.7. The third-order valence-corrected chi connectivity index (χ3v) is 5.73. The van der Waals surface area contributed by atoms with Crippen LogP contribution in [0.4, 0.5) is 0 Å². The van der Waals surface area contributed by atoms with Gasteiger partial charge in [-0.15, -0.1) is 24.0 Å². The Morgan fingerprint density at radius 1 is 1.33 bits per heavy atom. The first-order valence-corrected chi connectivity index (χ1v) is 9.05. The maximum absolute atomic E-state index is 6.09. The largest absolute Gasteiger partial charge is 0.381 e. The summed E-state index contributed by atoms with van der Waals surface area (Å²) in [5, 5.41) is 3.43. The van der Waals surface area contributed by atoms with E-state index < -0.39 is 0 Å². The van der Waals surface area contributed by atoms with Crippen LogP contribution in [0.25, 0.3) is 0 Å². The normalized spacial score (nSPS) is 27.2. The highest BCUT2D eigenvalue weighted by Crippen LogP contribution is 2.48. The molecule has 1 saturated heterocycles. The van der Waals surface area contributed by atoms with Crippen LogP contribution in [0, 0.1) is 5.41 Å². The fraction of sp³-hybridized carbons (Fsp3) is 0.941. The number of morpholine rings is 1. The molecule has 0 aromatic heterocycles. The fourth-order valence-corrected chi connectivity index (χ4v) is 4.02. The molecule has 1 saturated carbocycles. The Morgan fingerprint density at radius 2 is 2.00 bits per heavy atom. The number of guanidine groups is 1. The minimum absolute atomic E-state index is 0. The maximum atomic E-state index is 6.09. The average molecular weight is 454 g/mol. The van der Waals surface area contributed by atoms with Gasteiger partial charge in [-0.1, -0.05) is 13.8 Å². The second kappa shape index (κ2) is 10.8. The van der Waals surface area contributed by atoms with Crippen molar-refractivity contribution < 1.29 is 9.47 Å². The number of rotatable bonds is 8. The van der Waals surface area contributed by atoms with E-state index in [-0.39, 0.29) is 29.4 Å². The van der Waals surface area contributed by atoms with E-state index in [2.05, 4.69) is 29.1 Å². The molecule has 1 heterocycles. The van der Waals surface area contributed by atoms with E-state index in [1.807, 2.05) is 7.11 Å². The van der Waals surface area contributed by atoms with Crippen molar-refractivity contribution in [3.8, 4) is 0 Å². The van der Waals surface area contributed by atoms with Crippen LogP contribution in [0.3, 0.4) is 0 Å². The number of halogens is 1. The highest BCUT2D eigenvalue weighted by Gasteiger charge is 2.53. The van der Waals surface area contributed by atoms with E-state index in [0.717, 1.165) is 65.1 Å². The number of nitrogens with two attached hydrogens (primary N) is 1. The summed E-state index contributed by atoms with van der Waals surface area (Å²) in [6.07, 6.45) is 4.60. The molecule has 0 aromatic carbocycles. The minimum Gasteiger partial charge on any atom is -0.381 e. The summed E-state index contributed by atoms with van der Waals surface area (Å²) in [5.41, 5.74) is 6.28. The van der Waals surface area contributed by atoms with E-state index >= 15 is 0 Å². The van der Waals surface area contributed by atoms with Gasteiger partial charge in [0.15, 0.2) is 5.96 Å². The Hall–Kier alpha value is -0.120. The quantitative estimate of drug-likeness (QED) is 0.254. The molecule has 2 fully saturated rings. The first kappa shape index (κ1) is 21.9. The lowest BCUT2D eigenvalue weighted by Crippen LogP contribution is -2.65. The van der Waals surface area contributed by atoms with Gasteiger partial charge in [-0.05, 0) is 25.7 Å². The van der Waals surface area contributed by atoms with Crippen LogP contribution >= 0.6 is 24.0 Å². The molecule has 2 atom stereocenters. The first-order valence-electron chi connectivity index (χ1n) is 9.05. The summed E-state index contributed by atoms with van der Waals surface area (Å²) in [6.45, 7) is 10.1. The Balaban J connectivity index is 0.00000288. The smallest absolute Gasteiger partial charge is 0.188 e. The van der Waals surface area contributed by atoms with Gasteiger partial charge < -0.3 is 20.5 Å². The summed E-state index contributed by atoms with van der Waals surface area (Å²) in [4.78, 5) is 6.93. The first-order chi connectivity index (χ1) is 11.2. The molecule has 2 rings (SSSR count). The maximum Gasteiger partial charge on any atom is 0.188 e. The summed E-state index contributed by atoms with van der Waals surface area (Å²) in [5.74, 6) is 0.581. The lowest BCUT2D eigenvalue weighted by molar-refractivity contribution is -0.118. The number of ether oxygens (including phenoxy) is 2. The van der Waals surface area contributed by atoms with Crippen molar-refractivity contribution >= 4 is 29.9 Å². The predicted molar refractivity (Wildman–Crippen MR) is 109 cm³/mol. The highest BCUT2D eigenvalue weighted by atomic mass is 127. The van der Waals surface area contributed by atoms with Crippen molar-refractivity contribution in [1.82, 2.24) is 10.2 Å². The molecule has 7 heteroatoms. The minimum atomic E-state index is 0. The van der Waals surface area contributed by atoms with Gasteiger partial charge in [0.1, 0.15) is 0 Å². The molecule has 0 spiro atoms. The van der Waals surface area contributed by atoms with Gasteiger partial charge >= 0.3 is 0 Å². The van der Waals surface area contributed by atoms with Crippen LogP contribution in [0.15, 0.2) is 4.99 Å². The third kappa shape index (κ3) is 5.19. The van der Waals surface area contributed by atoms with Crippen LogP contribution in [0.5, 0.6) is 0 Å². The zero-order valence-electron chi connectivity index (χ0n) is 15.4. The molecule has 1 aliphatic carbocycles. The summed E-state index contributed by atoms with van der Waals surface area (Å²) < 4.78 is 11.0. The number of hydrogen-bond donors (Lipinski definition) is 2. The van der Waals surface area contributed by atoms with Crippen LogP contribution in [0.1, 0.15) is 39.5 Å². The second-order valence-corrected chi connectivity index (χ2v) is 6.67. The van der Waals surface area contributed by atoms with E-state index in [1.165, 1.54) is 0 Å². The monoisotopic (exact) mass is 454 g/mol. The Bertz CT molecular complexity index is 385. The molecule has 0 bridgehead atoms. The molecule has 1 aliphatic heterocycles. The number of aliphatic imine (C=N–C) groups is 1. The van der Waals surface area contributed by atoms with Crippen molar-refractivity contribution in [2.24, 2.45) is 16.1 Å². The molecular formula is C17H35IN4O2. The van der Waals surface area contributed by atoms with Crippen LogP contribution in [-0.2, 0) is 9.47 Å². The number of nitrogens with zero attached hydrogens (tertiary/aromatic N) is 2. The third-order valence-electron chi connectivity index (χ3n) is 5.73. The lowest BCUT2D eigenvalue weighted by Gasteiger charge is -2.55. The van der Waals surface area contributed by atoms with Gasteiger partial charge in [-0.2, -0.15) is 0 Å². The molecule has 2 aliphatic rings. The van der Waals surface area contributed by atoms with E-state index in [4.69, 9.17) is 15.2 Å². The second-order valence-electron chi connectivity index (χ2n) is 6.67. The van der Waals surface area contributed by atoms with Gasteiger partial charge in [-0.25, -0.2) is 0 Å². The number of nitrogens with one attached hydrogen (secondary N) is 1. The topological polar surface area (TPSA) is 72.1 Å². The Kier molecular flexibility index (Phi) is 9.84. The lowest BCUT2D eigenvalue weighted by atomic mass is 9.58. The van der Waals surface area contributed by atoms with Crippen LogP contribution < -0.4 is 11.1 Å². The summed E-state index contributed by atoms with van der Waals surface area (Å²) in [7, 11) is 1.81. The van der Waals surface area contributed by atoms with E-state index in [9.17, 15) is 0 Å². The zero-order valence-corrected chi connectivity index (χ0v) is 17.8. The molecule has 3 N–H and O–H groups in total. The van der Waals surface area contributed by atoms with E-state index in [0.29, 0.717) is 18.1 Å². The molecule has 6 nitrogen and oxygen atoms in total. The van der Waals surface area contributed by atoms with Gasteiger partial charge in [0.05, 0.1) is 19.3 Å². The van der Waals surface area contributed by atoms with Crippen LogP contribution in [0.2, 0.25) is 0 Å². The molecular weight excluding hydrogens is 419 g/mol. The van der Waals surface area contributed by atoms with Gasteiger partial charge in [0.2, 0.25) is 0 Å². The van der Waals surface area contributed by atoms with Crippen molar-refractivity contribution in [2.75, 3.05) is 46.5 Å². The van der Waals surface area contributed by atoms with Crippen molar-refractivity contribution in [2.45, 2.75) is 51.7 Å². The predicted octanol–water partition coefficient (Wildman–Crippen LogP) is 1.82. The Labute approximate surface area is 163 Å². The number of methoxy groups -OCH3 is 1. The highest BCUT2D eigenvalue weighted by molar-refractivity contribution is 14.0. The molecule has 0 radical (unpaired) electrons. The standard InChI is InChI=1S/C17H34N4O2.HI/c1-4-17(5-2)14(13-15(17)22-3)20-16(18)19-7-6-8-21-9-11-23-12-10-21;/h14-15H,4-13H2,1-3H3,(H3,18,19,20);1H. The molecule has 0 aromatic rings. The molecule has 24 heavy (non-hydrogen) atoms. The van der Waals surface area contributed by atoms with Crippen molar-refractivity contribution in [3.05, 3.63) is 0 Å². The fourth-order valence-electron chi connectivity index (χ4n) is 4.02. The van der Waals surface area contributed by atoms with Crippen molar-refractivity contribution in [3.63, 3.8) is 0 Å². The average Bonchev–Trinajstić information content (AvgIpc) is 2.57. The molecule has 0 amide bonds. The van der Waals surface area contributed by atoms with E-state index in [1.54, 1.807) is 0 Å². The van der Waals surface area contributed by atoms with Crippen molar-refractivity contribution in [1.29, 1.82) is 0 Å². The van der Waals surface area contributed by atoms with Gasteiger partial charge in [-0.3, -0.25) is 9.89 Å². The molecule has 2 unspecified atom stereocenters. The summed E-state index contributed by atoms with van der Waals surface area (Å²) in [6, 6.07) is 0.380. The molecule has 142 valence electrons. The van der Waals surface area contributed by atoms with Crippen LogP contribution in [-0.4, -0.2) is 69.5 Å².